The molecule has 2 aromatic rings. The molecule has 5 nitrogen and oxygen atoms in total. The average molecular weight is 230 g/mol. The monoisotopic (exact) mass is 230 g/mol. The van der Waals surface area contributed by atoms with Gasteiger partial charge in [0.2, 0.25) is 5.82 Å². The molecule has 0 aliphatic heterocycles. The van der Waals surface area contributed by atoms with E-state index in [9.17, 15) is 0 Å². The van der Waals surface area contributed by atoms with Crippen molar-refractivity contribution in [3.8, 4) is 6.07 Å². The first-order chi connectivity index (χ1) is 8.11. The fourth-order valence-corrected chi connectivity index (χ4v) is 1.55. The second-order valence-electron chi connectivity index (χ2n) is 4.21. The Bertz CT molecular complexity index is 559. The molecule has 0 N–H and O–H groups in total. The van der Waals surface area contributed by atoms with E-state index >= 15 is 0 Å². The summed E-state index contributed by atoms with van der Waals surface area (Å²) in [4.78, 5) is 8.31. The first-order valence-corrected chi connectivity index (χ1v) is 5.49. The summed E-state index contributed by atoms with van der Waals surface area (Å²) in [5.41, 5.74) is 0.867. The van der Waals surface area contributed by atoms with Crippen LogP contribution >= 0.6 is 0 Å². The standard InChI is InChI=1S/C12H14N4O/c1-8(2)12-15-9(3)10(17-12)7-16-5-4-14-11(16)6-13/h4-5,8H,7H2,1-3H3. The normalized spacial score (nSPS) is 10.8. The number of nitriles is 1. The molecule has 0 saturated heterocycles. The second kappa shape index (κ2) is 4.42. The number of hydrogen-bond donors (Lipinski definition) is 0. The van der Waals surface area contributed by atoms with Gasteiger partial charge in [-0.25, -0.2) is 9.97 Å². The van der Waals surface area contributed by atoms with E-state index in [1.807, 2.05) is 26.8 Å². The molecule has 0 aromatic carbocycles. The van der Waals surface area contributed by atoms with Gasteiger partial charge in [-0.15, -0.1) is 0 Å². The van der Waals surface area contributed by atoms with Crippen molar-refractivity contribution in [3.05, 3.63) is 35.6 Å². The van der Waals surface area contributed by atoms with Gasteiger partial charge in [0, 0.05) is 18.3 Å². The van der Waals surface area contributed by atoms with E-state index in [4.69, 9.17) is 9.68 Å². The lowest BCUT2D eigenvalue weighted by molar-refractivity contribution is 0.426. The average Bonchev–Trinajstić information content (AvgIpc) is 2.87. The maximum absolute atomic E-state index is 8.87. The maximum Gasteiger partial charge on any atom is 0.213 e. The van der Waals surface area contributed by atoms with E-state index in [0.29, 0.717) is 12.4 Å². The molecule has 2 heterocycles. The van der Waals surface area contributed by atoms with Crippen LogP contribution in [0.2, 0.25) is 0 Å². The summed E-state index contributed by atoms with van der Waals surface area (Å²) < 4.78 is 7.43. The molecule has 0 bridgehead atoms. The van der Waals surface area contributed by atoms with Gasteiger partial charge < -0.3 is 8.98 Å². The summed E-state index contributed by atoms with van der Waals surface area (Å²) in [7, 11) is 0. The minimum Gasteiger partial charge on any atom is -0.443 e. The number of imidazole rings is 1. The number of aromatic nitrogens is 3. The Morgan fingerprint density at radius 3 is 2.88 bits per heavy atom. The van der Waals surface area contributed by atoms with Gasteiger partial charge in [-0.3, -0.25) is 0 Å². The Morgan fingerprint density at radius 1 is 1.53 bits per heavy atom. The van der Waals surface area contributed by atoms with Crippen LogP contribution in [0.25, 0.3) is 0 Å². The largest absolute Gasteiger partial charge is 0.443 e. The molecule has 0 fully saturated rings. The third-order valence-electron chi connectivity index (χ3n) is 2.53. The van der Waals surface area contributed by atoms with Crippen molar-refractivity contribution < 1.29 is 4.42 Å². The second-order valence-corrected chi connectivity index (χ2v) is 4.21. The highest BCUT2D eigenvalue weighted by Crippen LogP contribution is 2.18. The lowest BCUT2D eigenvalue weighted by atomic mass is 10.2. The fraction of sp³-hybridized carbons (Fsp3) is 0.417. The third kappa shape index (κ3) is 2.21. The van der Waals surface area contributed by atoms with Gasteiger partial charge >= 0.3 is 0 Å². The number of aryl methyl sites for hydroxylation is 1. The van der Waals surface area contributed by atoms with E-state index < -0.39 is 0 Å². The van der Waals surface area contributed by atoms with Crippen molar-refractivity contribution in [1.82, 2.24) is 14.5 Å². The van der Waals surface area contributed by atoms with E-state index in [1.165, 1.54) is 0 Å². The Balaban J connectivity index is 2.28. The zero-order valence-corrected chi connectivity index (χ0v) is 10.1. The molecule has 0 unspecified atom stereocenters. The van der Waals surface area contributed by atoms with Crippen LogP contribution in [0.3, 0.4) is 0 Å². The number of nitrogens with zero attached hydrogens (tertiary/aromatic N) is 4. The van der Waals surface area contributed by atoms with E-state index in [2.05, 4.69) is 9.97 Å². The first-order valence-electron chi connectivity index (χ1n) is 5.49. The highest BCUT2D eigenvalue weighted by atomic mass is 16.4. The molecule has 0 saturated carbocycles. The van der Waals surface area contributed by atoms with Crippen LogP contribution < -0.4 is 0 Å². The summed E-state index contributed by atoms with van der Waals surface area (Å²) in [6.45, 7) is 6.47. The van der Waals surface area contributed by atoms with Gasteiger partial charge in [0.05, 0.1) is 12.2 Å². The topological polar surface area (TPSA) is 67.6 Å². The molecule has 88 valence electrons. The molecule has 0 aliphatic carbocycles. The van der Waals surface area contributed by atoms with Crippen LogP contribution in [0.15, 0.2) is 16.8 Å². The lowest BCUT2D eigenvalue weighted by Crippen LogP contribution is -2.01. The Kier molecular flexibility index (Phi) is 2.96. The van der Waals surface area contributed by atoms with Crippen LogP contribution in [-0.2, 0) is 6.54 Å². The molecule has 0 atom stereocenters. The number of oxazole rings is 1. The van der Waals surface area contributed by atoms with E-state index in [1.54, 1.807) is 17.0 Å². The zero-order chi connectivity index (χ0) is 12.4. The van der Waals surface area contributed by atoms with Crippen molar-refractivity contribution in [2.75, 3.05) is 0 Å². The molecule has 2 aromatic heterocycles. The highest BCUT2D eigenvalue weighted by Gasteiger charge is 2.13. The highest BCUT2D eigenvalue weighted by molar-refractivity contribution is 5.15. The summed E-state index contributed by atoms with van der Waals surface area (Å²) in [5, 5.41) is 8.87. The Morgan fingerprint density at radius 2 is 2.29 bits per heavy atom. The third-order valence-corrected chi connectivity index (χ3v) is 2.53. The number of hydrogen-bond acceptors (Lipinski definition) is 4. The first kappa shape index (κ1) is 11.4. The molecule has 17 heavy (non-hydrogen) atoms. The quantitative estimate of drug-likeness (QED) is 0.810. The van der Waals surface area contributed by atoms with E-state index in [0.717, 1.165) is 17.3 Å². The van der Waals surface area contributed by atoms with Gasteiger partial charge in [-0.2, -0.15) is 5.26 Å². The van der Waals surface area contributed by atoms with Gasteiger partial charge in [0.1, 0.15) is 11.8 Å². The van der Waals surface area contributed by atoms with Crippen molar-refractivity contribution >= 4 is 0 Å². The predicted octanol–water partition coefficient (Wildman–Crippen LogP) is 2.22. The van der Waals surface area contributed by atoms with Crippen LogP contribution in [0.5, 0.6) is 0 Å². The van der Waals surface area contributed by atoms with Crippen LogP contribution in [0, 0.1) is 18.3 Å². The van der Waals surface area contributed by atoms with Gasteiger partial charge in [-0.1, -0.05) is 13.8 Å². The predicted molar refractivity (Wildman–Crippen MR) is 61.4 cm³/mol. The SMILES string of the molecule is Cc1nc(C(C)C)oc1Cn1ccnc1C#N. The van der Waals surface area contributed by atoms with Crippen LogP contribution in [-0.4, -0.2) is 14.5 Å². The van der Waals surface area contributed by atoms with Gasteiger partial charge in [0.25, 0.3) is 0 Å². The van der Waals surface area contributed by atoms with E-state index in [-0.39, 0.29) is 5.92 Å². The summed E-state index contributed by atoms with van der Waals surface area (Å²) >= 11 is 0. The number of rotatable bonds is 3. The molecule has 0 radical (unpaired) electrons. The minimum absolute atomic E-state index is 0.265. The van der Waals surface area contributed by atoms with Crippen molar-refractivity contribution in [3.63, 3.8) is 0 Å². The van der Waals surface area contributed by atoms with Gasteiger partial charge in [-0.05, 0) is 6.92 Å². The lowest BCUT2D eigenvalue weighted by Gasteiger charge is -2.01. The Hall–Kier alpha value is -2.09. The minimum atomic E-state index is 0.265. The smallest absolute Gasteiger partial charge is 0.213 e. The zero-order valence-electron chi connectivity index (χ0n) is 10.1. The van der Waals surface area contributed by atoms with Crippen LogP contribution in [0.1, 0.15) is 42.9 Å². The molecular formula is C12H14N4O. The van der Waals surface area contributed by atoms with Gasteiger partial charge in [0.15, 0.2) is 5.89 Å². The van der Waals surface area contributed by atoms with Crippen molar-refractivity contribution in [2.45, 2.75) is 33.2 Å². The molecule has 0 spiro atoms. The summed E-state index contributed by atoms with van der Waals surface area (Å²) in [5.74, 6) is 2.16. The van der Waals surface area contributed by atoms with Crippen molar-refractivity contribution in [2.24, 2.45) is 0 Å². The summed E-state index contributed by atoms with van der Waals surface area (Å²) in [6, 6.07) is 2.03. The summed E-state index contributed by atoms with van der Waals surface area (Å²) in [6.07, 6.45) is 3.36. The molecule has 5 heteroatoms. The fourth-order valence-electron chi connectivity index (χ4n) is 1.55. The van der Waals surface area contributed by atoms with Crippen LogP contribution in [0.4, 0.5) is 0 Å². The Labute approximate surface area is 99.7 Å². The molecule has 0 amide bonds. The molecular weight excluding hydrogens is 216 g/mol. The maximum atomic E-state index is 8.87. The van der Waals surface area contributed by atoms with Crippen molar-refractivity contribution in [1.29, 1.82) is 5.26 Å². The molecule has 0 aliphatic rings. The molecule has 2 rings (SSSR count).